The number of pyridine rings is 1. The Morgan fingerprint density at radius 1 is 1.16 bits per heavy atom. The summed E-state index contributed by atoms with van der Waals surface area (Å²) in [5, 5.41) is 19.6. The van der Waals surface area contributed by atoms with E-state index in [-0.39, 0.29) is 42.4 Å². The Kier molecular flexibility index (Phi) is 8.49. The first-order chi connectivity index (χ1) is 23.1. The zero-order chi connectivity index (χ0) is 35.5. The van der Waals surface area contributed by atoms with Crippen molar-refractivity contribution in [3.8, 4) is 22.8 Å². The summed E-state index contributed by atoms with van der Waals surface area (Å²) in [6.07, 6.45) is -2.78. The number of nitrogens with one attached hydrogen (secondary N) is 1. The van der Waals surface area contributed by atoms with E-state index in [9.17, 15) is 32.3 Å². The summed E-state index contributed by atoms with van der Waals surface area (Å²) >= 11 is 0. The van der Waals surface area contributed by atoms with Crippen molar-refractivity contribution >= 4 is 22.7 Å². The standard InChI is InChI=1S/C33H31F6N5O5/c1-3-49-29-16(13-24(40)45)12-23(42-28(29)20-6-7-21(34)25(26(20)35)33(37,38)39)32(47,31(36)8-9-31)15-41-30(46)17-10-18-14-44(19-4-5-19)43-27(18)22(11-17)48-2/h6-7,10-12,14,19,47H,3-5,8-9,13,15H2,1-2H3,(H2,40,45)(H,41,46)/t32-/m0/s1. The summed E-state index contributed by atoms with van der Waals surface area (Å²) in [5.41, 5.74) is -3.51. The molecular weight excluding hydrogens is 660 g/mol. The lowest BCUT2D eigenvalue weighted by molar-refractivity contribution is -0.142. The van der Waals surface area contributed by atoms with Gasteiger partial charge in [0.25, 0.3) is 5.91 Å². The van der Waals surface area contributed by atoms with E-state index < -0.39 is 76.4 Å². The van der Waals surface area contributed by atoms with Gasteiger partial charge in [0.2, 0.25) is 5.91 Å². The number of alkyl halides is 4. The normalized spacial score (nSPS) is 16.7. The molecule has 0 unspecified atom stereocenters. The number of amides is 2. The maximum atomic E-state index is 16.2. The maximum absolute atomic E-state index is 16.2. The summed E-state index contributed by atoms with van der Waals surface area (Å²) in [5.74, 6) is -5.72. The van der Waals surface area contributed by atoms with E-state index in [1.54, 1.807) is 16.9 Å². The minimum atomic E-state index is -5.45. The molecule has 6 rings (SSSR count). The molecule has 2 heterocycles. The van der Waals surface area contributed by atoms with Crippen LogP contribution in [-0.4, -0.2) is 57.6 Å². The van der Waals surface area contributed by atoms with E-state index in [0.717, 1.165) is 18.9 Å². The monoisotopic (exact) mass is 691 g/mol. The van der Waals surface area contributed by atoms with Gasteiger partial charge in [-0.2, -0.15) is 18.3 Å². The van der Waals surface area contributed by atoms with Crippen LogP contribution in [0.1, 0.15) is 65.8 Å². The molecule has 49 heavy (non-hydrogen) atoms. The summed E-state index contributed by atoms with van der Waals surface area (Å²) in [4.78, 5) is 29.7. The lowest BCUT2D eigenvalue weighted by Crippen LogP contribution is -2.49. The molecule has 260 valence electrons. The fourth-order valence-electron chi connectivity index (χ4n) is 5.85. The van der Waals surface area contributed by atoms with E-state index in [2.05, 4.69) is 15.4 Å². The van der Waals surface area contributed by atoms with Gasteiger partial charge in [-0.15, -0.1) is 0 Å². The molecule has 1 atom stereocenters. The van der Waals surface area contributed by atoms with Crippen LogP contribution in [0, 0.1) is 11.6 Å². The molecule has 10 nitrogen and oxygen atoms in total. The van der Waals surface area contributed by atoms with Crippen LogP contribution in [0.4, 0.5) is 26.3 Å². The predicted octanol–water partition coefficient (Wildman–Crippen LogP) is 5.29. The number of ether oxygens (including phenoxy) is 2. The number of nitrogens with two attached hydrogens (primary N) is 1. The van der Waals surface area contributed by atoms with Gasteiger partial charge >= 0.3 is 6.18 Å². The van der Waals surface area contributed by atoms with Gasteiger partial charge in [-0.25, -0.2) is 18.2 Å². The number of rotatable bonds is 12. The first-order valence-corrected chi connectivity index (χ1v) is 15.4. The van der Waals surface area contributed by atoms with Crippen LogP contribution in [0.2, 0.25) is 0 Å². The Morgan fingerprint density at radius 2 is 1.88 bits per heavy atom. The number of nitrogens with zero attached hydrogens (tertiary/aromatic N) is 3. The topological polar surface area (TPSA) is 142 Å². The molecule has 16 heteroatoms. The van der Waals surface area contributed by atoms with Crippen molar-refractivity contribution in [2.24, 2.45) is 5.73 Å². The van der Waals surface area contributed by atoms with Crippen molar-refractivity contribution in [2.75, 3.05) is 20.3 Å². The predicted molar refractivity (Wildman–Crippen MR) is 163 cm³/mol. The molecular formula is C33H31F6N5O5. The molecule has 2 aromatic carbocycles. The fourth-order valence-corrected chi connectivity index (χ4v) is 5.85. The first kappa shape index (κ1) is 34.0. The van der Waals surface area contributed by atoms with Gasteiger partial charge in [-0.1, -0.05) is 0 Å². The van der Waals surface area contributed by atoms with Crippen LogP contribution < -0.4 is 20.5 Å². The number of halogens is 6. The molecule has 4 N–H and O–H groups in total. The van der Waals surface area contributed by atoms with Crippen molar-refractivity contribution in [3.63, 3.8) is 0 Å². The van der Waals surface area contributed by atoms with Crippen LogP contribution in [0.25, 0.3) is 22.2 Å². The number of hydrogen-bond donors (Lipinski definition) is 3. The Balaban J connectivity index is 1.44. The van der Waals surface area contributed by atoms with Gasteiger partial charge in [0.1, 0.15) is 45.6 Å². The molecule has 0 aliphatic heterocycles. The number of hydrogen-bond acceptors (Lipinski definition) is 7. The highest BCUT2D eigenvalue weighted by atomic mass is 19.4. The minimum absolute atomic E-state index is 0.0913. The van der Waals surface area contributed by atoms with Crippen molar-refractivity contribution in [3.05, 3.63) is 70.5 Å². The van der Waals surface area contributed by atoms with Gasteiger partial charge in [0.05, 0.1) is 38.4 Å². The number of carbonyl (C=O) groups is 2. The van der Waals surface area contributed by atoms with E-state index in [4.69, 9.17) is 15.2 Å². The smallest absolute Gasteiger partial charge is 0.422 e. The molecule has 2 aromatic heterocycles. The molecule has 0 saturated heterocycles. The van der Waals surface area contributed by atoms with Crippen LogP contribution >= 0.6 is 0 Å². The zero-order valence-corrected chi connectivity index (χ0v) is 26.3. The van der Waals surface area contributed by atoms with Crippen molar-refractivity contribution in [1.82, 2.24) is 20.1 Å². The van der Waals surface area contributed by atoms with Crippen LogP contribution in [-0.2, 0) is 23.0 Å². The Labute approximate surface area is 275 Å². The van der Waals surface area contributed by atoms with Crippen molar-refractivity contribution in [2.45, 2.75) is 62.5 Å². The van der Waals surface area contributed by atoms with Crippen molar-refractivity contribution < 1.29 is 50.5 Å². The van der Waals surface area contributed by atoms with E-state index >= 15 is 8.78 Å². The van der Waals surface area contributed by atoms with Gasteiger partial charge in [0, 0.05) is 28.3 Å². The third-order valence-corrected chi connectivity index (χ3v) is 8.69. The van der Waals surface area contributed by atoms with Crippen LogP contribution in [0.5, 0.6) is 11.5 Å². The number of benzene rings is 2. The molecule has 2 aliphatic carbocycles. The molecule has 0 spiro atoms. The Morgan fingerprint density at radius 3 is 2.47 bits per heavy atom. The van der Waals surface area contributed by atoms with Crippen LogP contribution in [0.15, 0.2) is 36.5 Å². The number of carbonyl (C=O) groups excluding carboxylic acids is 2. The van der Waals surface area contributed by atoms with Gasteiger partial charge < -0.3 is 25.6 Å². The Bertz CT molecular complexity index is 1970. The zero-order valence-electron chi connectivity index (χ0n) is 26.3. The number of fused-ring (bicyclic) bond motifs is 1. The second-order valence-corrected chi connectivity index (χ2v) is 12.2. The summed E-state index contributed by atoms with van der Waals surface area (Å²) < 4.78 is 99.8. The number of primary amides is 1. The molecule has 0 bridgehead atoms. The highest BCUT2D eigenvalue weighted by Gasteiger charge is 2.62. The summed E-state index contributed by atoms with van der Waals surface area (Å²) in [6.45, 7) is 0.541. The quantitative estimate of drug-likeness (QED) is 0.172. The number of methoxy groups -OCH3 is 1. The lowest BCUT2D eigenvalue weighted by atomic mass is 9.88. The Hall–Kier alpha value is -4.86. The first-order valence-electron chi connectivity index (χ1n) is 15.4. The number of aromatic nitrogens is 3. The fraction of sp³-hybridized carbons (Fsp3) is 0.394. The van der Waals surface area contributed by atoms with E-state index in [1.807, 2.05) is 0 Å². The highest BCUT2D eigenvalue weighted by molar-refractivity contribution is 6.00. The largest absolute Gasteiger partial charge is 0.494 e. The molecule has 2 fully saturated rings. The molecule has 2 saturated carbocycles. The molecule has 2 aliphatic rings. The summed E-state index contributed by atoms with van der Waals surface area (Å²) in [6, 6.07) is 5.35. The molecule has 2 amide bonds. The van der Waals surface area contributed by atoms with E-state index in [0.29, 0.717) is 28.8 Å². The maximum Gasteiger partial charge on any atom is 0.422 e. The third-order valence-electron chi connectivity index (χ3n) is 8.69. The lowest BCUT2D eigenvalue weighted by Gasteiger charge is -2.33. The number of aliphatic hydroxyl groups is 1. The second-order valence-electron chi connectivity index (χ2n) is 12.2. The SMILES string of the molecule is CCOc1c(CC(N)=O)cc([C@@](O)(CNC(=O)c2cc(OC)c3nn(C4CC4)cc3c2)C2(F)CC2)nc1-c1ccc(F)c(C(F)(F)F)c1F. The third kappa shape index (κ3) is 6.24. The molecule has 4 aromatic rings. The second kappa shape index (κ2) is 12.2. The highest BCUT2D eigenvalue weighted by Crippen LogP contribution is 2.54. The van der Waals surface area contributed by atoms with Crippen LogP contribution in [0.3, 0.4) is 0 Å². The van der Waals surface area contributed by atoms with Gasteiger partial charge in [-0.05, 0) is 62.9 Å². The minimum Gasteiger partial charge on any atom is -0.494 e. The van der Waals surface area contributed by atoms with Gasteiger partial charge in [-0.3, -0.25) is 14.3 Å². The average Bonchev–Trinajstić information content (AvgIpc) is 3.97. The van der Waals surface area contributed by atoms with Gasteiger partial charge in [0.15, 0.2) is 5.60 Å². The average molecular weight is 692 g/mol. The van der Waals surface area contributed by atoms with Crippen molar-refractivity contribution in [1.29, 1.82) is 0 Å². The van der Waals surface area contributed by atoms with E-state index in [1.165, 1.54) is 20.1 Å². The molecule has 0 radical (unpaired) electrons. The summed E-state index contributed by atoms with van der Waals surface area (Å²) in [7, 11) is 1.41.